The number of rotatable bonds is 7. The van der Waals surface area contributed by atoms with Crippen LogP contribution in [0.2, 0.25) is 0 Å². The molecule has 1 N–H and O–H groups in total. The lowest BCUT2D eigenvalue weighted by Crippen LogP contribution is -2.43. The van der Waals surface area contributed by atoms with E-state index in [0.29, 0.717) is 24.8 Å². The molecule has 3 unspecified atom stereocenters. The second-order valence-electron chi connectivity index (χ2n) is 10.6. The SMILES string of the molecule is CC1CCCN(c2ccc(C(C)NC(=O)C3CCCN(Cc4nc(-c5cccc(Br)c5)no4)C3)cc2)C1. The number of anilines is 1. The smallest absolute Gasteiger partial charge is 0.241 e. The van der Waals surface area contributed by atoms with Crippen LogP contribution < -0.4 is 10.2 Å². The molecule has 0 aliphatic carbocycles. The number of carbonyl (C=O) groups is 1. The standard InChI is InChI=1S/C29H36BrN5O2/c1-20-6-4-15-35(17-20)26-12-10-22(11-13-26)21(2)31-29(36)24-8-5-14-34(18-24)19-27-32-28(33-37-27)23-7-3-9-25(30)16-23/h3,7,9-13,16,20-21,24H,4-6,8,14-15,17-19H2,1-2H3,(H,31,36). The molecule has 8 heteroatoms. The van der Waals surface area contributed by atoms with Crippen molar-refractivity contribution in [1.82, 2.24) is 20.4 Å². The van der Waals surface area contributed by atoms with Crippen LogP contribution in [0, 0.1) is 11.8 Å². The molecule has 2 fully saturated rings. The molecule has 0 radical (unpaired) electrons. The molecular weight excluding hydrogens is 530 g/mol. The lowest BCUT2D eigenvalue weighted by atomic mass is 9.96. The minimum atomic E-state index is -0.0437. The summed E-state index contributed by atoms with van der Waals surface area (Å²) in [5, 5.41) is 7.40. The van der Waals surface area contributed by atoms with Crippen molar-refractivity contribution >= 4 is 27.5 Å². The number of piperidine rings is 2. The van der Waals surface area contributed by atoms with Gasteiger partial charge in [0.05, 0.1) is 18.5 Å². The zero-order valence-electron chi connectivity index (χ0n) is 21.7. The Morgan fingerprint density at radius 2 is 1.95 bits per heavy atom. The molecule has 0 spiro atoms. The van der Waals surface area contributed by atoms with Crippen LogP contribution in [0.1, 0.15) is 57.0 Å². The molecule has 1 amide bonds. The predicted molar refractivity (Wildman–Crippen MR) is 149 cm³/mol. The van der Waals surface area contributed by atoms with Crippen LogP contribution in [0.3, 0.4) is 0 Å². The van der Waals surface area contributed by atoms with Crippen LogP contribution in [-0.2, 0) is 11.3 Å². The van der Waals surface area contributed by atoms with E-state index in [-0.39, 0.29) is 17.9 Å². The zero-order chi connectivity index (χ0) is 25.8. The Balaban J connectivity index is 1.14. The first kappa shape index (κ1) is 25.9. The fourth-order valence-electron chi connectivity index (χ4n) is 5.48. The van der Waals surface area contributed by atoms with Gasteiger partial charge in [0.1, 0.15) is 0 Å². The summed E-state index contributed by atoms with van der Waals surface area (Å²) >= 11 is 3.48. The molecule has 37 heavy (non-hydrogen) atoms. The maximum absolute atomic E-state index is 13.1. The van der Waals surface area contributed by atoms with Gasteiger partial charge in [0.15, 0.2) is 0 Å². The van der Waals surface area contributed by atoms with Crippen molar-refractivity contribution < 1.29 is 9.32 Å². The Hall–Kier alpha value is -2.71. The highest BCUT2D eigenvalue weighted by atomic mass is 79.9. The van der Waals surface area contributed by atoms with E-state index < -0.39 is 0 Å². The number of amides is 1. The topological polar surface area (TPSA) is 74.5 Å². The summed E-state index contributed by atoms with van der Waals surface area (Å²) in [4.78, 5) is 22.4. The molecule has 3 aromatic rings. The average Bonchev–Trinajstić information content (AvgIpc) is 3.37. The zero-order valence-corrected chi connectivity index (χ0v) is 23.3. The number of nitrogens with zero attached hydrogens (tertiary/aromatic N) is 4. The summed E-state index contributed by atoms with van der Waals surface area (Å²) in [6, 6.07) is 16.5. The third-order valence-electron chi connectivity index (χ3n) is 7.56. The van der Waals surface area contributed by atoms with Gasteiger partial charge in [0.25, 0.3) is 0 Å². The molecule has 2 aliphatic rings. The maximum atomic E-state index is 13.1. The quantitative estimate of drug-likeness (QED) is 0.388. The number of likely N-dealkylation sites (tertiary alicyclic amines) is 1. The molecule has 2 aromatic carbocycles. The molecule has 3 heterocycles. The Morgan fingerprint density at radius 3 is 2.73 bits per heavy atom. The lowest BCUT2D eigenvalue weighted by molar-refractivity contribution is -0.127. The van der Waals surface area contributed by atoms with Crippen LogP contribution in [0.25, 0.3) is 11.4 Å². The van der Waals surface area contributed by atoms with Crippen molar-refractivity contribution in [2.45, 2.75) is 52.1 Å². The van der Waals surface area contributed by atoms with E-state index in [0.717, 1.165) is 54.0 Å². The fourth-order valence-corrected chi connectivity index (χ4v) is 5.88. The summed E-state index contributed by atoms with van der Waals surface area (Å²) in [6.45, 7) is 8.81. The Labute approximate surface area is 227 Å². The largest absolute Gasteiger partial charge is 0.371 e. The number of carbonyl (C=O) groups excluding carboxylic acids is 1. The molecule has 2 saturated heterocycles. The van der Waals surface area contributed by atoms with Gasteiger partial charge in [-0.3, -0.25) is 9.69 Å². The normalized spacial score (nSPS) is 21.5. The number of nitrogens with one attached hydrogen (secondary N) is 1. The molecule has 196 valence electrons. The van der Waals surface area contributed by atoms with E-state index >= 15 is 0 Å². The van der Waals surface area contributed by atoms with Crippen molar-refractivity contribution in [2.75, 3.05) is 31.1 Å². The molecule has 0 bridgehead atoms. The average molecular weight is 567 g/mol. The van der Waals surface area contributed by atoms with E-state index in [2.05, 4.69) is 79.3 Å². The van der Waals surface area contributed by atoms with E-state index in [1.54, 1.807) is 0 Å². The van der Waals surface area contributed by atoms with Gasteiger partial charge in [-0.25, -0.2) is 0 Å². The third kappa shape index (κ3) is 6.60. The van der Waals surface area contributed by atoms with Crippen LogP contribution in [0.5, 0.6) is 0 Å². The summed E-state index contributed by atoms with van der Waals surface area (Å²) < 4.78 is 6.49. The van der Waals surface area contributed by atoms with Gasteiger partial charge in [0.2, 0.25) is 17.6 Å². The summed E-state index contributed by atoms with van der Waals surface area (Å²) in [5.74, 6) is 1.98. The predicted octanol–water partition coefficient (Wildman–Crippen LogP) is 5.82. The van der Waals surface area contributed by atoms with E-state index in [1.807, 2.05) is 24.3 Å². The summed E-state index contributed by atoms with van der Waals surface area (Å²) in [5.41, 5.74) is 3.33. The number of aromatic nitrogens is 2. The van der Waals surface area contributed by atoms with Gasteiger partial charge < -0.3 is 14.7 Å². The monoisotopic (exact) mass is 565 g/mol. The highest BCUT2D eigenvalue weighted by Gasteiger charge is 2.28. The van der Waals surface area contributed by atoms with Crippen molar-refractivity contribution in [1.29, 1.82) is 0 Å². The van der Waals surface area contributed by atoms with E-state index in [9.17, 15) is 4.79 Å². The van der Waals surface area contributed by atoms with Gasteiger partial charge in [-0.2, -0.15) is 4.98 Å². The number of hydrogen-bond acceptors (Lipinski definition) is 6. The molecule has 7 nitrogen and oxygen atoms in total. The van der Waals surface area contributed by atoms with E-state index in [4.69, 9.17) is 4.52 Å². The van der Waals surface area contributed by atoms with Gasteiger partial charge in [0, 0.05) is 35.4 Å². The van der Waals surface area contributed by atoms with Crippen LogP contribution in [-0.4, -0.2) is 47.1 Å². The first-order valence-electron chi connectivity index (χ1n) is 13.4. The maximum Gasteiger partial charge on any atom is 0.241 e. The lowest BCUT2D eigenvalue weighted by Gasteiger charge is -2.33. The number of hydrogen-bond donors (Lipinski definition) is 1. The molecule has 2 aliphatic heterocycles. The van der Waals surface area contributed by atoms with Crippen molar-refractivity contribution in [3.8, 4) is 11.4 Å². The highest BCUT2D eigenvalue weighted by molar-refractivity contribution is 9.10. The van der Waals surface area contributed by atoms with Gasteiger partial charge in [-0.1, -0.05) is 52.3 Å². The number of halogens is 1. The van der Waals surface area contributed by atoms with Gasteiger partial charge in [-0.05, 0) is 74.9 Å². The number of benzene rings is 2. The molecule has 1 aromatic heterocycles. The highest BCUT2D eigenvalue weighted by Crippen LogP contribution is 2.26. The third-order valence-corrected chi connectivity index (χ3v) is 8.05. The fraction of sp³-hybridized carbons (Fsp3) is 0.483. The minimum Gasteiger partial charge on any atom is -0.371 e. The Bertz CT molecular complexity index is 1200. The first-order valence-corrected chi connectivity index (χ1v) is 14.2. The van der Waals surface area contributed by atoms with Crippen molar-refractivity contribution in [3.63, 3.8) is 0 Å². The molecule has 0 saturated carbocycles. The van der Waals surface area contributed by atoms with Gasteiger partial charge >= 0.3 is 0 Å². The van der Waals surface area contributed by atoms with Gasteiger partial charge in [-0.15, -0.1) is 0 Å². The minimum absolute atomic E-state index is 0.0269. The van der Waals surface area contributed by atoms with Crippen LogP contribution in [0.15, 0.2) is 57.5 Å². The molecular formula is C29H36BrN5O2. The Morgan fingerprint density at radius 1 is 1.14 bits per heavy atom. The second-order valence-corrected chi connectivity index (χ2v) is 11.5. The van der Waals surface area contributed by atoms with Crippen molar-refractivity contribution in [2.24, 2.45) is 11.8 Å². The summed E-state index contributed by atoms with van der Waals surface area (Å²) in [6.07, 6.45) is 4.45. The molecule has 3 atom stereocenters. The van der Waals surface area contributed by atoms with Crippen LogP contribution in [0.4, 0.5) is 5.69 Å². The van der Waals surface area contributed by atoms with Crippen LogP contribution >= 0.6 is 15.9 Å². The van der Waals surface area contributed by atoms with Crippen molar-refractivity contribution in [3.05, 3.63) is 64.5 Å². The van der Waals surface area contributed by atoms with E-state index in [1.165, 1.54) is 18.5 Å². The summed E-state index contributed by atoms with van der Waals surface area (Å²) in [7, 11) is 0. The molecule has 5 rings (SSSR count). The Kier molecular flexibility index (Phi) is 8.25. The second kappa shape index (κ2) is 11.8. The first-order chi connectivity index (χ1) is 17.9.